The monoisotopic (exact) mass is 477 g/mol. The minimum absolute atomic E-state index is 0.253. The Balaban J connectivity index is 1.42. The number of anilines is 1. The third-order valence-electron chi connectivity index (χ3n) is 4.90. The van der Waals surface area contributed by atoms with Crippen molar-refractivity contribution >= 4 is 29.4 Å². The number of fused-ring (bicyclic) bond motifs is 3. The molecule has 4 aromatic rings. The number of halogens is 1. The summed E-state index contributed by atoms with van der Waals surface area (Å²) in [7, 11) is 0. The molecule has 1 N–H and O–H groups in total. The number of aromatic nitrogens is 3. The van der Waals surface area contributed by atoms with E-state index in [1.54, 1.807) is 30.4 Å². The Bertz CT molecular complexity index is 1390. The minimum Gasteiger partial charge on any atom is -0.448 e. The highest BCUT2D eigenvalue weighted by atomic mass is 32.2. The number of nitrogens with one attached hydrogen (secondary N) is 1. The van der Waals surface area contributed by atoms with E-state index in [9.17, 15) is 14.5 Å². The van der Waals surface area contributed by atoms with Gasteiger partial charge in [-0.3, -0.25) is 10.1 Å². The van der Waals surface area contributed by atoms with Crippen LogP contribution < -0.4 is 10.1 Å². The molecule has 34 heavy (non-hydrogen) atoms. The molecule has 0 radical (unpaired) electrons. The van der Waals surface area contributed by atoms with Crippen molar-refractivity contribution < 1.29 is 18.5 Å². The molecule has 0 amide bonds. The second kappa shape index (κ2) is 9.32. The molecule has 0 unspecified atom stereocenters. The quantitative estimate of drug-likeness (QED) is 0.224. The third kappa shape index (κ3) is 4.59. The Morgan fingerprint density at radius 1 is 1.12 bits per heavy atom. The lowest BCUT2D eigenvalue weighted by Gasteiger charge is -2.15. The Labute approximate surface area is 196 Å². The largest absolute Gasteiger partial charge is 0.448 e. The average molecular weight is 477 g/mol. The van der Waals surface area contributed by atoms with Gasteiger partial charge in [-0.15, -0.1) is 10.2 Å². The van der Waals surface area contributed by atoms with E-state index in [0.717, 1.165) is 11.3 Å². The molecule has 0 saturated heterocycles. The highest BCUT2D eigenvalue weighted by molar-refractivity contribution is 7.98. The van der Waals surface area contributed by atoms with Crippen molar-refractivity contribution in [3.63, 3.8) is 0 Å². The zero-order valence-corrected chi connectivity index (χ0v) is 18.2. The summed E-state index contributed by atoms with van der Waals surface area (Å²) in [6.07, 6.45) is 2.55. The Hall–Kier alpha value is -4.25. The molecule has 0 spiro atoms. The van der Waals surface area contributed by atoms with Gasteiger partial charge in [0.05, 0.1) is 6.07 Å². The van der Waals surface area contributed by atoms with Crippen LogP contribution in [0.5, 0.6) is 5.88 Å². The Morgan fingerprint density at radius 3 is 2.76 bits per heavy atom. The van der Waals surface area contributed by atoms with Crippen LogP contribution >= 0.6 is 11.8 Å². The summed E-state index contributed by atoms with van der Waals surface area (Å²) in [5.74, 6) is 0.247. The summed E-state index contributed by atoms with van der Waals surface area (Å²) < 4.78 is 25.2. The van der Waals surface area contributed by atoms with E-state index >= 15 is 0 Å². The number of hydrogen-bond acceptors (Lipinski definition) is 9. The van der Waals surface area contributed by atoms with Gasteiger partial charge in [0, 0.05) is 17.0 Å². The number of nitro groups is 1. The van der Waals surface area contributed by atoms with Gasteiger partial charge in [0.2, 0.25) is 11.0 Å². The highest BCUT2D eigenvalue weighted by Crippen LogP contribution is 2.36. The van der Waals surface area contributed by atoms with E-state index < -0.39 is 11.2 Å². The number of rotatable bonds is 6. The van der Waals surface area contributed by atoms with Crippen molar-refractivity contribution in [3.05, 3.63) is 94.0 Å². The molecular weight excluding hydrogens is 461 g/mol. The molecule has 1 aliphatic rings. The number of para-hydroxylation sites is 1. The van der Waals surface area contributed by atoms with Crippen LogP contribution in [0.25, 0.3) is 17.3 Å². The first-order valence-corrected chi connectivity index (χ1v) is 11.1. The van der Waals surface area contributed by atoms with Crippen LogP contribution in [0, 0.1) is 15.9 Å². The van der Waals surface area contributed by atoms with E-state index in [-0.39, 0.29) is 17.6 Å². The zero-order chi connectivity index (χ0) is 23.5. The Kier molecular flexibility index (Phi) is 5.91. The van der Waals surface area contributed by atoms with E-state index in [4.69, 9.17) is 9.15 Å². The predicted molar refractivity (Wildman–Crippen MR) is 124 cm³/mol. The van der Waals surface area contributed by atoms with Crippen molar-refractivity contribution in [1.82, 2.24) is 15.2 Å². The van der Waals surface area contributed by atoms with Gasteiger partial charge in [0.1, 0.15) is 16.5 Å². The number of hydrogen-bond donors (Lipinski definition) is 1. The van der Waals surface area contributed by atoms with Gasteiger partial charge >= 0.3 is 5.88 Å². The molecule has 0 bridgehead atoms. The van der Waals surface area contributed by atoms with Crippen LogP contribution in [0.4, 0.5) is 16.0 Å². The smallest absolute Gasteiger partial charge is 0.433 e. The second-order valence-corrected chi connectivity index (χ2v) is 8.09. The normalized spacial score (nSPS) is 14.6. The van der Waals surface area contributed by atoms with Crippen LogP contribution in [0.15, 0.2) is 76.3 Å². The number of thioether (sulfide) groups is 1. The predicted octanol–water partition coefficient (Wildman–Crippen LogP) is 5.32. The van der Waals surface area contributed by atoms with Crippen molar-refractivity contribution in [1.29, 1.82) is 0 Å². The summed E-state index contributed by atoms with van der Waals surface area (Å²) >= 11 is 1.24. The summed E-state index contributed by atoms with van der Waals surface area (Å²) in [5, 5.41) is 22.9. The maximum Gasteiger partial charge on any atom is 0.433 e. The first-order chi connectivity index (χ1) is 16.6. The average Bonchev–Trinajstić information content (AvgIpc) is 3.26. The summed E-state index contributed by atoms with van der Waals surface area (Å²) in [6.45, 7) is 0. The van der Waals surface area contributed by atoms with Crippen LogP contribution in [-0.4, -0.2) is 26.3 Å². The first-order valence-electron chi connectivity index (χ1n) is 10.1. The molecule has 0 saturated carbocycles. The summed E-state index contributed by atoms with van der Waals surface area (Å²) in [4.78, 5) is 14.7. The molecule has 2 aromatic heterocycles. The maximum atomic E-state index is 14.0. The SMILES string of the molecule is O=[N+]([O-])c1ccc(/C=C/[C@@H]2Nc3ccccc3-c3nnc(SCc4ccccc4F)nc3O2)o1. The van der Waals surface area contributed by atoms with E-state index in [0.29, 0.717) is 27.9 Å². The van der Waals surface area contributed by atoms with E-state index in [2.05, 4.69) is 20.5 Å². The van der Waals surface area contributed by atoms with Crippen molar-refractivity contribution in [3.8, 4) is 17.1 Å². The van der Waals surface area contributed by atoms with Crippen LogP contribution in [0.3, 0.4) is 0 Å². The van der Waals surface area contributed by atoms with Crippen molar-refractivity contribution in [2.24, 2.45) is 0 Å². The molecule has 0 aliphatic carbocycles. The second-order valence-electron chi connectivity index (χ2n) is 7.15. The number of nitrogens with zero attached hydrogens (tertiary/aromatic N) is 4. The number of benzene rings is 2. The van der Waals surface area contributed by atoms with Gasteiger partial charge in [-0.05, 0) is 35.9 Å². The minimum atomic E-state index is -0.673. The van der Waals surface area contributed by atoms with Gasteiger partial charge in [-0.1, -0.05) is 48.2 Å². The molecule has 3 heterocycles. The molecule has 170 valence electrons. The molecule has 1 atom stereocenters. The number of ether oxygens (including phenoxy) is 1. The van der Waals surface area contributed by atoms with Crippen molar-refractivity contribution in [2.45, 2.75) is 17.1 Å². The van der Waals surface area contributed by atoms with Gasteiger partial charge < -0.3 is 14.5 Å². The molecular formula is C23H16FN5O4S. The lowest BCUT2D eigenvalue weighted by molar-refractivity contribution is -0.402. The third-order valence-corrected chi connectivity index (χ3v) is 5.78. The number of furan rings is 1. The zero-order valence-electron chi connectivity index (χ0n) is 17.4. The molecule has 5 rings (SSSR count). The van der Waals surface area contributed by atoms with Crippen molar-refractivity contribution in [2.75, 3.05) is 5.32 Å². The fourth-order valence-corrected chi connectivity index (χ4v) is 4.05. The van der Waals surface area contributed by atoms with E-state index in [1.165, 1.54) is 30.0 Å². The van der Waals surface area contributed by atoms with Crippen LogP contribution in [0.1, 0.15) is 11.3 Å². The molecule has 11 heteroatoms. The lowest BCUT2D eigenvalue weighted by Crippen LogP contribution is -2.23. The van der Waals surface area contributed by atoms with E-state index in [1.807, 2.05) is 24.3 Å². The van der Waals surface area contributed by atoms with Gasteiger partial charge in [0.15, 0.2) is 11.9 Å². The first kappa shape index (κ1) is 21.6. The van der Waals surface area contributed by atoms with Gasteiger partial charge in [-0.25, -0.2) is 4.39 Å². The summed E-state index contributed by atoms with van der Waals surface area (Å²) in [5.41, 5.74) is 2.51. The fourth-order valence-electron chi connectivity index (χ4n) is 3.29. The topological polar surface area (TPSA) is 116 Å². The lowest BCUT2D eigenvalue weighted by atomic mass is 10.1. The van der Waals surface area contributed by atoms with Crippen LogP contribution in [-0.2, 0) is 5.75 Å². The molecule has 2 aromatic carbocycles. The molecule has 1 aliphatic heterocycles. The highest BCUT2D eigenvalue weighted by Gasteiger charge is 2.24. The van der Waals surface area contributed by atoms with Gasteiger partial charge in [0.25, 0.3) is 0 Å². The fraction of sp³-hybridized carbons (Fsp3) is 0.0870. The molecule has 9 nitrogen and oxygen atoms in total. The molecule has 0 fully saturated rings. The maximum absolute atomic E-state index is 14.0. The summed E-state index contributed by atoms with van der Waals surface area (Å²) in [6, 6.07) is 16.8. The van der Waals surface area contributed by atoms with Gasteiger partial charge in [-0.2, -0.15) is 4.98 Å². The Morgan fingerprint density at radius 2 is 1.94 bits per heavy atom. The van der Waals surface area contributed by atoms with Crippen LogP contribution in [0.2, 0.25) is 0 Å². The standard InChI is InChI=1S/C23H16FN5O4S/c24-17-7-3-1-5-14(17)13-34-23-26-22-21(27-28-23)16-6-2-4-8-18(16)25-19(33-22)11-9-15-10-12-20(32-15)29(30)31/h1-12,19,25H,13H2/b11-9+/t19-/m1/s1.